The van der Waals surface area contributed by atoms with E-state index in [1.807, 2.05) is 0 Å². The highest BCUT2D eigenvalue weighted by atomic mass is 19.4. The van der Waals surface area contributed by atoms with Crippen molar-refractivity contribution in [2.45, 2.75) is 44.0 Å². The number of alkyl halides is 3. The van der Waals surface area contributed by atoms with E-state index in [9.17, 15) is 23.1 Å². The summed E-state index contributed by atoms with van der Waals surface area (Å²) < 4.78 is 51.8. The second-order valence-electron chi connectivity index (χ2n) is 6.65. The normalized spacial score (nSPS) is 25.5. The summed E-state index contributed by atoms with van der Waals surface area (Å²) in [6, 6.07) is 4.00. The molecule has 0 saturated heterocycles. The first-order valence-electron chi connectivity index (χ1n) is 8.67. The maximum Gasteiger partial charge on any atom is 0.439 e. The molecule has 27 heavy (non-hydrogen) atoms. The van der Waals surface area contributed by atoms with E-state index in [0.29, 0.717) is 25.0 Å². The quantitative estimate of drug-likeness (QED) is 0.865. The van der Waals surface area contributed by atoms with Crippen molar-refractivity contribution in [3.8, 4) is 11.5 Å². The van der Waals surface area contributed by atoms with Crippen LogP contribution in [0.4, 0.5) is 13.2 Å². The molecule has 6 nitrogen and oxygen atoms in total. The smallest absolute Gasteiger partial charge is 0.439 e. The zero-order valence-corrected chi connectivity index (χ0v) is 15.0. The van der Waals surface area contributed by atoms with Gasteiger partial charge in [0.15, 0.2) is 11.5 Å². The zero-order valence-electron chi connectivity index (χ0n) is 15.0. The molecule has 0 unspecified atom stereocenters. The van der Waals surface area contributed by atoms with Crippen LogP contribution >= 0.6 is 0 Å². The van der Waals surface area contributed by atoms with Crippen molar-refractivity contribution in [2.75, 3.05) is 14.2 Å². The standard InChI is InChI=1S/C18H21F3N2O4/c1-26-14-9-8-11(10-15(14)27-2)16(24)23-17(25,18(19,20)21)12-6-4-3-5-7-13(12)22-23/h8-10,12,25H,3-7H2,1-2H3/t12-,17+/m0/s1. The lowest BCUT2D eigenvalue weighted by Crippen LogP contribution is -2.61. The molecule has 1 heterocycles. The number of halogens is 3. The van der Waals surface area contributed by atoms with Crippen molar-refractivity contribution in [1.82, 2.24) is 5.01 Å². The fraction of sp³-hybridized carbons (Fsp3) is 0.556. The average molecular weight is 386 g/mol. The van der Waals surface area contributed by atoms with E-state index < -0.39 is 23.7 Å². The molecule has 1 N–H and O–H groups in total. The number of hydrogen-bond acceptors (Lipinski definition) is 5. The molecule has 1 saturated carbocycles. The summed E-state index contributed by atoms with van der Waals surface area (Å²) in [4.78, 5) is 12.9. The predicted molar refractivity (Wildman–Crippen MR) is 90.7 cm³/mol. The maximum absolute atomic E-state index is 13.9. The molecule has 1 amide bonds. The van der Waals surface area contributed by atoms with E-state index in [-0.39, 0.29) is 28.5 Å². The van der Waals surface area contributed by atoms with Crippen molar-refractivity contribution in [2.24, 2.45) is 11.0 Å². The van der Waals surface area contributed by atoms with Crippen LogP contribution in [0.1, 0.15) is 42.5 Å². The summed E-state index contributed by atoms with van der Waals surface area (Å²) in [5, 5.41) is 14.8. The van der Waals surface area contributed by atoms with Gasteiger partial charge in [0, 0.05) is 11.3 Å². The van der Waals surface area contributed by atoms with E-state index in [2.05, 4.69) is 5.10 Å². The number of aliphatic hydroxyl groups is 1. The number of hydrogen-bond donors (Lipinski definition) is 1. The van der Waals surface area contributed by atoms with Crippen molar-refractivity contribution in [1.29, 1.82) is 0 Å². The molecule has 1 aliphatic heterocycles. The van der Waals surface area contributed by atoms with E-state index in [1.165, 1.54) is 32.4 Å². The first-order chi connectivity index (χ1) is 12.7. The van der Waals surface area contributed by atoms with Crippen LogP contribution in [0.5, 0.6) is 11.5 Å². The number of benzene rings is 1. The molecule has 0 aromatic heterocycles. The minimum absolute atomic E-state index is 0.0869. The maximum atomic E-state index is 13.9. The molecular formula is C18H21F3N2O4. The predicted octanol–water partition coefficient (Wildman–Crippen LogP) is 3.35. The van der Waals surface area contributed by atoms with E-state index in [1.54, 1.807) is 0 Å². The molecule has 2 aliphatic rings. The van der Waals surface area contributed by atoms with Gasteiger partial charge in [0.05, 0.1) is 20.1 Å². The molecule has 148 valence electrons. The highest BCUT2D eigenvalue weighted by molar-refractivity contribution is 5.99. The number of ether oxygens (including phenoxy) is 2. The Morgan fingerprint density at radius 2 is 1.93 bits per heavy atom. The van der Waals surface area contributed by atoms with E-state index in [4.69, 9.17) is 9.47 Å². The van der Waals surface area contributed by atoms with Crippen LogP contribution < -0.4 is 9.47 Å². The highest BCUT2D eigenvalue weighted by Crippen LogP contribution is 2.48. The van der Waals surface area contributed by atoms with Gasteiger partial charge in [-0.25, -0.2) is 0 Å². The van der Waals surface area contributed by atoms with Gasteiger partial charge >= 0.3 is 6.18 Å². The number of carbonyl (C=O) groups excluding carboxylic acids is 1. The van der Waals surface area contributed by atoms with Gasteiger partial charge in [-0.3, -0.25) is 4.79 Å². The lowest BCUT2D eigenvalue weighted by Gasteiger charge is -2.37. The fourth-order valence-corrected chi connectivity index (χ4v) is 3.69. The molecule has 0 radical (unpaired) electrons. The first-order valence-corrected chi connectivity index (χ1v) is 8.67. The third kappa shape index (κ3) is 3.13. The molecule has 2 atom stereocenters. The van der Waals surface area contributed by atoms with Crippen LogP contribution in [0.3, 0.4) is 0 Å². The summed E-state index contributed by atoms with van der Waals surface area (Å²) in [6.45, 7) is 0. The second-order valence-corrected chi connectivity index (χ2v) is 6.65. The molecular weight excluding hydrogens is 365 g/mol. The lowest BCUT2D eigenvalue weighted by molar-refractivity contribution is -0.312. The van der Waals surface area contributed by atoms with Crippen LogP contribution in [0.25, 0.3) is 0 Å². The lowest BCUT2D eigenvalue weighted by atomic mass is 9.87. The van der Waals surface area contributed by atoms with Gasteiger partial charge in [-0.05, 0) is 37.5 Å². The SMILES string of the molecule is COc1ccc(C(=O)N2N=C3CCCCC[C@@H]3[C@@]2(O)C(F)(F)F)cc1OC. The van der Waals surface area contributed by atoms with Gasteiger partial charge in [0.2, 0.25) is 0 Å². The molecule has 1 aliphatic carbocycles. The molecule has 1 fully saturated rings. The van der Waals surface area contributed by atoms with Gasteiger partial charge in [0.1, 0.15) is 0 Å². The second kappa shape index (κ2) is 7.03. The van der Waals surface area contributed by atoms with Crippen LogP contribution in [0.15, 0.2) is 23.3 Å². The third-order valence-corrected chi connectivity index (χ3v) is 5.11. The summed E-state index contributed by atoms with van der Waals surface area (Å²) in [6.07, 6.45) is -2.59. The van der Waals surface area contributed by atoms with Gasteiger partial charge < -0.3 is 14.6 Å². The van der Waals surface area contributed by atoms with Gasteiger partial charge in [-0.2, -0.15) is 23.3 Å². The number of fused-ring (bicyclic) bond motifs is 1. The molecule has 9 heteroatoms. The van der Waals surface area contributed by atoms with Crippen LogP contribution in [-0.2, 0) is 0 Å². The Labute approximate surface area is 154 Å². The Morgan fingerprint density at radius 1 is 1.22 bits per heavy atom. The Balaban J connectivity index is 2.04. The summed E-state index contributed by atoms with van der Waals surface area (Å²) in [5.74, 6) is -1.77. The van der Waals surface area contributed by atoms with Gasteiger partial charge in [-0.15, -0.1) is 0 Å². The number of hydrazone groups is 1. The minimum atomic E-state index is -5.04. The van der Waals surface area contributed by atoms with Gasteiger partial charge in [-0.1, -0.05) is 12.8 Å². The fourth-order valence-electron chi connectivity index (χ4n) is 3.69. The zero-order chi connectivity index (χ0) is 19.8. The Bertz CT molecular complexity index is 765. The number of amides is 1. The Morgan fingerprint density at radius 3 is 2.56 bits per heavy atom. The highest BCUT2D eigenvalue weighted by Gasteiger charge is 2.68. The molecule has 0 bridgehead atoms. The van der Waals surface area contributed by atoms with Crippen LogP contribution in [0.2, 0.25) is 0 Å². The van der Waals surface area contributed by atoms with Crippen molar-refractivity contribution in [3.05, 3.63) is 23.8 Å². The van der Waals surface area contributed by atoms with Crippen molar-refractivity contribution < 1.29 is 32.5 Å². The number of nitrogens with zero attached hydrogens (tertiary/aromatic N) is 2. The first kappa shape index (κ1) is 19.5. The molecule has 0 spiro atoms. The average Bonchev–Trinajstić information content (AvgIpc) is 2.79. The van der Waals surface area contributed by atoms with Crippen LogP contribution in [0, 0.1) is 5.92 Å². The largest absolute Gasteiger partial charge is 0.493 e. The van der Waals surface area contributed by atoms with Crippen molar-refractivity contribution >= 4 is 11.6 Å². The molecule has 1 aromatic carbocycles. The summed E-state index contributed by atoms with van der Waals surface area (Å²) >= 11 is 0. The third-order valence-electron chi connectivity index (χ3n) is 5.11. The molecule has 1 aromatic rings. The number of carbonyl (C=O) groups is 1. The number of rotatable bonds is 3. The Kier molecular flexibility index (Phi) is 5.07. The van der Waals surface area contributed by atoms with E-state index in [0.717, 1.165) is 6.42 Å². The number of methoxy groups -OCH3 is 2. The summed E-state index contributed by atoms with van der Waals surface area (Å²) in [5.41, 5.74) is -3.21. The topological polar surface area (TPSA) is 71.4 Å². The van der Waals surface area contributed by atoms with Crippen molar-refractivity contribution in [3.63, 3.8) is 0 Å². The van der Waals surface area contributed by atoms with Gasteiger partial charge in [0.25, 0.3) is 11.6 Å². The summed E-state index contributed by atoms with van der Waals surface area (Å²) in [7, 11) is 2.76. The van der Waals surface area contributed by atoms with Crippen LogP contribution in [-0.4, -0.2) is 47.9 Å². The Hall–Kier alpha value is -2.29. The van der Waals surface area contributed by atoms with E-state index >= 15 is 0 Å². The molecule has 3 rings (SSSR count). The minimum Gasteiger partial charge on any atom is -0.493 e. The monoisotopic (exact) mass is 386 g/mol.